The van der Waals surface area contributed by atoms with E-state index < -0.39 is 24.3 Å². The number of quaternary nitrogens is 1. The van der Waals surface area contributed by atoms with E-state index in [9.17, 15) is 19.5 Å². The van der Waals surface area contributed by atoms with Crippen LogP contribution in [0.2, 0.25) is 0 Å². The smallest absolute Gasteiger partial charge is 0.306 e. The minimum Gasteiger partial charge on any atom is -0.545 e. The second-order valence-electron chi connectivity index (χ2n) is 28.7. The van der Waals surface area contributed by atoms with Gasteiger partial charge in [0.15, 0.2) is 12.4 Å². The third kappa shape index (κ3) is 82.1. The Hall–Kier alpha value is -5.09. The van der Waals surface area contributed by atoms with Gasteiger partial charge in [0, 0.05) is 12.8 Å². The fraction of sp³-hybridized carbons (Fsp3) is 0.685. The summed E-state index contributed by atoms with van der Waals surface area (Å²) >= 11 is 0. The van der Waals surface area contributed by atoms with Gasteiger partial charge in [-0.15, -0.1) is 0 Å². The number of carbonyl (C=O) groups is 3. The first kappa shape index (κ1) is 95.9. The van der Waals surface area contributed by atoms with Crippen LogP contribution in [-0.2, 0) is 33.3 Å². The summed E-state index contributed by atoms with van der Waals surface area (Å²) in [6.45, 7) is 4.63. The number of unbranched alkanes of at least 4 members (excludes halogenated alkanes) is 35. The molecule has 0 amide bonds. The SMILES string of the molecule is CC/C=C\C/C=C\C/C=C\C/C=C\C/C=C\C/C=C\C/C=C\C/C=C\C/C=C\C/C=C\C/C=C\C/C=C\CCCCCCC(=O)OC(COC(=O)CCCCCCCCCCCCCCCCCCCCCCCCC/C=C\CCCCCCCCCC)COC(OCC[N+](C)(C)C)C(=O)[O-]. The maximum atomic E-state index is 13.0. The monoisotopic (exact) mass is 1400 g/mol. The number of likely N-dealkylation sites (N-methyl/N-ethyl adjacent to an activating group) is 1. The molecule has 101 heavy (non-hydrogen) atoms. The van der Waals surface area contributed by atoms with Crippen LogP contribution in [0.5, 0.6) is 0 Å². The Kier molecular flexibility index (Phi) is 76.5. The Morgan fingerprint density at radius 1 is 0.307 bits per heavy atom. The molecule has 0 saturated heterocycles. The molecule has 2 unspecified atom stereocenters. The molecule has 0 N–H and O–H groups in total. The van der Waals surface area contributed by atoms with Crippen molar-refractivity contribution in [2.45, 2.75) is 360 Å². The lowest BCUT2D eigenvalue weighted by Gasteiger charge is -2.26. The summed E-state index contributed by atoms with van der Waals surface area (Å²) in [7, 11) is 5.92. The minimum absolute atomic E-state index is 0.136. The molecule has 0 aliphatic carbocycles. The molecule has 576 valence electrons. The van der Waals surface area contributed by atoms with Gasteiger partial charge in [-0.3, -0.25) is 9.59 Å². The third-order valence-corrected chi connectivity index (χ3v) is 17.8. The highest BCUT2D eigenvalue weighted by Gasteiger charge is 2.22. The van der Waals surface area contributed by atoms with Gasteiger partial charge < -0.3 is 33.3 Å². The molecule has 0 rings (SSSR count). The quantitative estimate of drug-likeness (QED) is 0.0195. The zero-order valence-corrected chi connectivity index (χ0v) is 66.0. The summed E-state index contributed by atoms with van der Waals surface area (Å²) in [6.07, 6.45) is 117. The fourth-order valence-electron chi connectivity index (χ4n) is 11.5. The number of ether oxygens (including phenoxy) is 4. The van der Waals surface area contributed by atoms with Crippen LogP contribution in [0.3, 0.4) is 0 Å². The number of carbonyl (C=O) groups excluding carboxylic acids is 3. The molecular weight excluding hydrogens is 1250 g/mol. The molecule has 0 aromatic carbocycles. The lowest BCUT2D eigenvalue weighted by Crippen LogP contribution is -2.44. The van der Waals surface area contributed by atoms with Gasteiger partial charge in [0.2, 0.25) is 0 Å². The summed E-state index contributed by atoms with van der Waals surface area (Å²) in [4.78, 5) is 37.6. The van der Waals surface area contributed by atoms with Crippen LogP contribution >= 0.6 is 0 Å². The second-order valence-corrected chi connectivity index (χ2v) is 28.7. The predicted molar refractivity (Wildman–Crippen MR) is 435 cm³/mol. The van der Waals surface area contributed by atoms with Crippen molar-refractivity contribution in [3.05, 3.63) is 158 Å². The van der Waals surface area contributed by atoms with Crippen molar-refractivity contribution in [2.24, 2.45) is 0 Å². The highest BCUT2D eigenvalue weighted by molar-refractivity contribution is 5.70. The van der Waals surface area contributed by atoms with Gasteiger partial charge in [-0.1, -0.05) is 364 Å². The molecular formula is C92H155NO8. The number of nitrogens with zero attached hydrogens (tertiary/aromatic N) is 1. The molecule has 0 bridgehead atoms. The van der Waals surface area contributed by atoms with Crippen LogP contribution < -0.4 is 5.11 Å². The molecule has 0 aliphatic heterocycles. The number of allylic oxidation sites excluding steroid dienone is 26. The van der Waals surface area contributed by atoms with Crippen molar-refractivity contribution < 1.29 is 42.9 Å². The van der Waals surface area contributed by atoms with Gasteiger partial charge in [0.05, 0.1) is 40.3 Å². The molecule has 0 heterocycles. The fourth-order valence-corrected chi connectivity index (χ4v) is 11.5. The van der Waals surface area contributed by atoms with E-state index in [0.717, 1.165) is 122 Å². The first-order chi connectivity index (χ1) is 49.6. The van der Waals surface area contributed by atoms with E-state index in [4.69, 9.17) is 18.9 Å². The molecule has 0 aromatic heterocycles. The summed E-state index contributed by atoms with van der Waals surface area (Å²) in [5, 5.41) is 11.9. The molecule has 2 atom stereocenters. The molecule has 0 fully saturated rings. The highest BCUT2D eigenvalue weighted by atomic mass is 16.7. The Morgan fingerprint density at radius 2 is 0.564 bits per heavy atom. The van der Waals surface area contributed by atoms with Crippen molar-refractivity contribution >= 4 is 17.9 Å². The molecule has 0 spiro atoms. The van der Waals surface area contributed by atoms with Gasteiger partial charge in [-0.05, 0) is 128 Å². The van der Waals surface area contributed by atoms with Crippen molar-refractivity contribution in [2.75, 3.05) is 47.5 Å². The minimum atomic E-state index is -1.64. The number of carboxylic acid groups (broad SMARTS) is 1. The van der Waals surface area contributed by atoms with E-state index in [0.29, 0.717) is 17.4 Å². The molecule has 0 aliphatic rings. The van der Waals surface area contributed by atoms with Crippen LogP contribution in [-0.4, -0.2) is 82.3 Å². The summed E-state index contributed by atoms with van der Waals surface area (Å²) in [6, 6.07) is 0. The highest BCUT2D eigenvalue weighted by Crippen LogP contribution is 2.18. The zero-order chi connectivity index (χ0) is 73.2. The van der Waals surface area contributed by atoms with E-state index in [1.165, 1.54) is 193 Å². The molecule has 9 nitrogen and oxygen atoms in total. The maximum Gasteiger partial charge on any atom is 0.306 e. The maximum absolute atomic E-state index is 13.0. The summed E-state index contributed by atoms with van der Waals surface area (Å²) in [5.74, 6) is -2.32. The molecule has 0 radical (unpaired) electrons. The lowest BCUT2D eigenvalue weighted by molar-refractivity contribution is -0.870. The standard InChI is InChI=1S/C92H155NO8/c1-6-8-10-12-14-16-18-20-22-24-26-28-30-32-34-36-38-40-42-43-44-45-46-47-49-51-53-55-57-59-61-63-65-67-69-71-73-75-77-79-81-83-90(95)101-88(87-100-92(91(96)97)98-85-84-93(3,4)5)86-99-89(94)82-80-78-76-74-72-70-68-66-64-62-60-58-56-54-52-50-48-41-39-37-35-33-31-29-27-25-23-21-19-17-15-13-11-9-7-2/h8,10,14,16,20,22,25-28,32,34,38,40,43-44,46-47,51,53,57,59,63,65,69,71,88,92H,6-7,9,11-13,15,17-19,21,23-24,29-31,33,35-37,39,41-42,45,48-50,52,54-56,58,60-62,64,66-68,70,72-87H2,1-5H3/b10-8-,16-14-,22-20-,27-25-,28-26-,34-32-,40-38-,44-43-,47-46-,53-51-,59-57-,65-63-,71-69-. The lowest BCUT2D eigenvalue weighted by atomic mass is 10.0. The first-order valence-electron chi connectivity index (χ1n) is 41.6. The van der Waals surface area contributed by atoms with Gasteiger partial charge in [0.1, 0.15) is 13.2 Å². The Labute approximate surface area is 623 Å². The Morgan fingerprint density at radius 3 is 0.851 bits per heavy atom. The van der Waals surface area contributed by atoms with E-state index in [-0.39, 0.29) is 38.6 Å². The number of rotatable bonds is 76. The van der Waals surface area contributed by atoms with Gasteiger partial charge in [-0.25, -0.2) is 0 Å². The zero-order valence-electron chi connectivity index (χ0n) is 66.0. The Bertz CT molecular complexity index is 2230. The summed E-state index contributed by atoms with van der Waals surface area (Å²) in [5.41, 5.74) is 0. The molecule has 0 saturated carbocycles. The van der Waals surface area contributed by atoms with Crippen LogP contribution in [0.4, 0.5) is 0 Å². The van der Waals surface area contributed by atoms with E-state index in [2.05, 4.69) is 172 Å². The van der Waals surface area contributed by atoms with Crippen LogP contribution in [0, 0.1) is 0 Å². The van der Waals surface area contributed by atoms with Gasteiger partial charge in [-0.2, -0.15) is 0 Å². The second kappa shape index (κ2) is 80.6. The molecule has 9 heteroatoms. The van der Waals surface area contributed by atoms with Gasteiger partial charge >= 0.3 is 11.9 Å². The van der Waals surface area contributed by atoms with E-state index >= 15 is 0 Å². The van der Waals surface area contributed by atoms with Crippen LogP contribution in [0.1, 0.15) is 348 Å². The van der Waals surface area contributed by atoms with Crippen LogP contribution in [0.25, 0.3) is 0 Å². The van der Waals surface area contributed by atoms with Crippen LogP contribution in [0.15, 0.2) is 158 Å². The average molecular weight is 1400 g/mol. The van der Waals surface area contributed by atoms with Crippen molar-refractivity contribution in [1.29, 1.82) is 0 Å². The van der Waals surface area contributed by atoms with Gasteiger partial charge in [0.25, 0.3) is 0 Å². The average Bonchev–Trinajstić information content (AvgIpc) is 1.21. The summed E-state index contributed by atoms with van der Waals surface area (Å²) < 4.78 is 22.8. The van der Waals surface area contributed by atoms with Crippen molar-refractivity contribution in [3.63, 3.8) is 0 Å². The number of carboxylic acids is 1. The largest absolute Gasteiger partial charge is 0.545 e. The van der Waals surface area contributed by atoms with Crippen molar-refractivity contribution in [1.82, 2.24) is 0 Å². The van der Waals surface area contributed by atoms with Crippen molar-refractivity contribution in [3.8, 4) is 0 Å². The number of aliphatic carboxylic acids is 1. The van der Waals surface area contributed by atoms with E-state index in [1.807, 2.05) is 21.1 Å². The first-order valence-corrected chi connectivity index (χ1v) is 41.6. The Balaban J connectivity index is 4.12. The topological polar surface area (TPSA) is 111 Å². The molecule has 0 aromatic rings. The normalized spacial score (nSPS) is 13.5. The van der Waals surface area contributed by atoms with E-state index in [1.54, 1.807) is 0 Å². The predicted octanol–water partition coefficient (Wildman–Crippen LogP) is 25.8. The number of esters is 2. The number of hydrogen-bond acceptors (Lipinski definition) is 8. The number of hydrogen-bond donors (Lipinski definition) is 0. The third-order valence-electron chi connectivity index (χ3n) is 17.8.